The van der Waals surface area contributed by atoms with Crippen LogP contribution >= 0.6 is 0 Å². The molecule has 0 saturated heterocycles. The number of anilines is 1. The second-order valence-electron chi connectivity index (χ2n) is 5.73. The van der Waals surface area contributed by atoms with E-state index < -0.39 is 11.7 Å². The number of alkyl carbamates (subject to hydrolysis) is 1. The van der Waals surface area contributed by atoms with Crippen LogP contribution in [-0.2, 0) is 4.74 Å². The fourth-order valence-electron chi connectivity index (χ4n) is 1.60. The van der Waals surface area contributed by atoms with Gasteiger partial charge in [-0.15, -0.1) is 0 Å². The second kappa shape index (κ2) is 8.39. The molecule has 0 unspecified atom stereocenters. The summed E-state index contributed by atoms with van der Waals surface area (Å²) in [7, 11) is 0. The first kappa shape index (κ1) is 17.1. The quantitative estimate of drug-likeness (QED) is 0.757. The van der Waals surface area contributed by atoms with Crippen molar-refractivity contribution >= 4 is 11.8 Å². The fraction of sp³-hybridized carbons (Fsp3) is 0.562. The van der Waals surface area contributed by atoms with Crippen molar-refractivity contribution in [3.05, 3.63) is 24.3 Å². The van der Waals surface area contributed by atoms with Crippen molar-refractivity contribution in [1.29, 1.82) is 0 Å². The molecule has 1 aromatic carbocycles. The van der Waals surface area contributed by atoms with Gasteiger partial charge in [0, 0.05) is 18.3 Å². The van der Waals surface area contributed by atoms with E-state index in [4.69, 9.17) is 9.47 Å². The minimum Gasteiger partial charge on any atom is -0.492 e. The third kappa shape index (κ3) is 8.07. The zero-order valence-corrected chi connectivity index (χ0v) is 13.4. The zero-order chi connectivity index (χ0) is 15.7. The highest BCUT2D eigenvalue weighted by Gasteiger charge is 2.15. The van der Waals surface area contributed by atoms with Crippen LogP contribution in [0.2, 0.25) is 0 Å². The molecule has 0 atom stereocenters. The predicted molar refractivity (Wildman–Crippen MR) is 85.0 cm³/mol. The molecule has 1 amide bonds. The summed E-state index contributed by atoms with van der Waals surface area (Å²) in [6.07, 6.45) is 0.648. The molecule has 21 heavy (non-hydrogen) atoms. The normalized spacial score (nSPS) is 10.9. The van der Waals surface area contributed by atoms with E-state index in [-0.39, 0.29) is 0 Å². The van der Waals surface area contributed by atoms with E-state index in [1.54, 1.807) is 0 Å². The Morgan fingerprint density at radius 1 is 1.24 bits per heavy atom. The third-order valence-corrected chi connectivity index (χ3v) is 2.45. The molecule has 0 heterocycles. The van der Waals surface area contributed by atoms with Crippen molar-refractivity contribution in [2.75, 3.05) is 25.0 Å². The van der Waals surface area contributed by atoms with Crippen LogP contribution in [0.25, 0.3) is 0 Å². The predicted octanol–water partition coefficient (Wildman–Crippen LogP) is 3.41. The molecule has 1 aromatic rings. The van der Waals surface area contributed by atoms with Crippen LogP contribution in [-0.4, -0.2) is 31.4 Å². The number of carbonyl (C=O) groups is 1. The number of hydrogen-bond acceptors (Lipinski definition) is 4. The molecule has 0 fully saturated rings. The maximum absolute atomic E-state index is 11.4. The molecule has 118 valence electrons. The summed E-state index contributed by atoms with van der Waals surface area (Å²) in [5.41, 5.74) is 0.555. The highest BCUT2D eigenvalue weighted by molar-refractivity contribution is 5.67. The Labute approximate surface area is 127 Å². The summed E-state index contributed by atoms with van der Waals surface area (Å²) in [4.78, 5) is 11.4. The molecule has 0 aliphatic rings. The third-order valence-electron chi connectivity index (χ3n) is 2.45. The lowest BCUT2D eigenvalue weighted by Crippen LogP contribution is -2.34. The van der Waals surface area contributed by atoms with Gasteiger partial charge in [-0.2, -0.15) is 0 Å². The largest absolute Gasteiger partial charge is 0.492 e. The fourth-order valence-corrected chi connectivity index (χ4v) is 1.60. The van der Waals surface area contributed by atoms with Gasteiger partial charge in [-0.05, 0) is 39.3 Å². The van der Waals surface area contributed by atoms with Gasteiger partial charge in [-0.25, -0.2) is 4.79 Å². The monoisotopic (exact) mass is 294 g/mol. The van der Waals surface area contributed by atoms with Crippen LogP contribution in [0.4, 0.5) is 10.5 Å². The van der Waals surface area contributed by atoms with Gasteiger partial charge in [0.15, 0.2) is 0 Å². The van der Waals surface area contributed by atoms with Gasteiger partial charge >= 0.3 is 6.09 Å². The Bertz CT molecular complexity index is 441. The molecule has 0 bridgehead atoms. The van der Waals surface area contributed by atoms with Crippen molar-refractivity contribution in [2.45, 2.75) is 39.7 Å². The summed E-state index contributed by atoms with van der Waals surface area (Å²) in [5.74, 6) is 0.780. The molecule has 0 aliphatic heterocycles. The van der Waals surface area contributed by atoms with Crippen molar-refractivity contribution in [2.24, 2.45) is 0 Å². The molecule has 0 aliphatic carbocycles. The lowest BCUT2D eigenvalue weighted by molar-refractivity contribution is 0.0520. The maximum Gasteiger partial charge on any atom is 0.407 e. The van der Waals surface area contributed by atoms with Crippen LogP contribution < -0.4 is 15.4 Å². The van der Waals surface area contributed by atoms with E-state index >= 15 is 0 Å². The molecule has 2 N–H and O–H groups in total. The first-order valence-electron chi connectivity index (χ1n) is 7.34. The number of amides is 1. The molecule has 0 spiro atoms. The van der Waals surface area contributed by atoms with Crippen molar-refractivity contribution in [3.63, 3.8) is 0 Å². The number of carbonyl (C=O) groups excluding carboxylic acids is 1. The minimum atomic E-state index is -0.482. The van der Waals surface area contributed by atoms with Crippen LogP contribution in [0, 0.1) is 0 Å². The molecule has 0 radical (unpaired) electrons. The van der Waals surface area contributed by atoms with E-state index in [0.29, 0.717) is 13.2 Å². The summed E-state index contributed by atoms with van der Waals surface area (Å²) in [5, 5.41) is 5.96. The first-order chi connectivity index (χ1) is 9.90. The average molecular weight is 294 g/mol. The van der Waals surface area contributed by atoms with Gasteiger partial charge < -0.3 is 20.1 Å². The highest BCUT2D eigenvalue weighted by Crippen LogP contribution is 2.17. The van der Waals surface area contributed by atoms with Gasteiger partial charge in [-0.1, -0.05) is 13.0 Å². The Balaban J connectivity index is 2.28. The van der Waals surface area contributed by atoms with Crippen LogP contribution in [0.5, 0.6) is 5.75 Å². The van der Waals surface area contributed by atoms with Gasteiger partial charge in [0.25, 0.3) is 0 Å². The van der Waals surface area contributed by atoms with Gasteiger partial charge in [0.2, 0.25) is 0 Å². The van der Waals surface area contributed by atoms with E-state index in [9.17, 15) is 4.79 Å². The summed E-state index contributed by atoms with van der Waals surface area (Å²) in [6.45, 7) is 9.35. The lowest BCUT2D eigenvalue weighted by atomic mass is 10.2. The Morgan fingerprint density at radius 3 is 2.67 bits per heavy atom. The van der Waals surface area contributed by atoms with Crippen LogP contribution in [0.1, 0.15) is 34.1 Å². The van der Waals surface area contributed by atoms with Crippen molar-refractivity contribution in [3.8, 4) is 5.75 Å². The van der Waals surface area contributed by atoms with Gasteiger partial charge in [0.1, 0.15) is 18.0 Å². The van der Waals surface area contributed by atoms with E-state index in [1.165, 1.54) is 0 Å². The number of benzene rings is 1. The van der Waals surface area contributed by atoms with Crippen LogP contribution in [0.15, 0.2) is 24.3 Å². The van der Waals surface area contributed by atoms with Gasteiger partial charge in [-0.3, -0.25) is 0 Å². The Kier molecular flexibility index (Phi) is 6.85. The summed E-state index contributed by atoms with van der Waals surface area (Å²) >= 11 is 0. The Morgan fingerprint density at radius 2 is 2.00 bits per heavy atom. The van der Waals surface area contributed by atoms with Crippen molar-refractivity contribution in [1.82, 2.24) is 5.32 Å². The van der Waals surface area contributed by atoms with E-state index in [2.05, 4.69) is 17.6 Å². The number of rotatable bonds is 7. The topological polar surface area (TPSA) is 59.6 Å². The van der Waals surface area contributed by atoms with Gasteiger partial charge in [0.05, 0.1) is 6.54 Å². The average Bonchev–Trinajstić information content (AvgIpc) is 2.40. The molecule has 5 nitrogen and oxygen atoms in total. The lowest BCUT2D eigenvalue weighted by Gasteiger charge is -2.19. The maximum atomic E-state index is 11.4. The van der Waals surface area contributed by atoms with Crippen LogP contribution in [0.3, 0.4) is 0 Å². The summed E-state index contributed by atoms with van der Waals surface area (Å²) in [6, 6.07) is 7.78. The molecule has 0 aromatic heterocycles. The molecular formula is C16H26N2O3. The number of hydrogen-bond donors (Lipinski definition) is 2. The molecular weight excluding hydrogens is 268 g/mol. The first-order valence-corrected chi connectivity index (χ1v) is 7.34. The summed E-state index contributed by atoms with van der Waals surface area (Å²) < 4.78 is 10.7. The SMILES string of the molecule is CCCNc1cccc(OCCNC(=O)OC(C)(C)C)c1. The zero-order valence-electron chi connectivity index (χ0n) is 13.4. The molecule has 0 saturated carbocycles. The smallest absolute Gasteiger partial charge is 0.407 e. The van der Waals surface area contributed by atoms with Crippen molar-refractivity contribution < 1.29 is 14.3 Å². The second-order valence-corrected chi connectivity index (χ2v) is 5.73. The highest BCUT2D eigenvalue weighted by atomic mass is 16.6. The standard InChI is InChI=1S/C16H26N2O3/c1-5-9-17-13-7-6-8-14(12-13)20-11-10-18-15(19)21-16(2,3)4/h6-8,12,17H,5,9-11H2,1-4H3,(H,18,19). The number of ether oxygens (including phenoxy) is 2. The van der Waals surface area contributed by atoms with E-state index in [0.717, 1.165) is 24.4 Å². The molecule has 5 heteroatoms. The van der Waals surface area contributed by atoms with E-state index in [1.807, 2.05) is 45.0 Å². The minimum absolute atomic E-state index is 0.399. The molecule has 1 rings (SSSR count). The Hall–Kier alpha value is -1.91. The number of nitrogens with one attached hydrogen (secondary N) is 2.